The van der Waals surface area contributed by atoms with E-state index in [1.54, 1.807) is 72.6 Å². The molecule has 4 saturated heterocycles. The second kappa shape index (κ2) is 27.7. The van der Waals surface area contributed by atoms with E-state index in [1.807, 2.05) is 22.6 Å². The predicted molar refractivity (Wildman–Crippen MR) is 318 cm³/mol. The number of hydrogen-bond acceptors (Lipinski definition) is 22. The minimum absolute atomic E-state index is 0.0800. The van der Waals surface area contributed by atoms with Gasteiger partial charge in [-0.3, -0.25) is 18.7 Å². The van der Waals surface area contributed by atoms with Gasteiger partial charge >= 0.3 is 12.2 Å². The Hall–Kier alpha value is -8.17. The molecular formula is C58H67IN14O14. The van der Waals surface area contributed by atoms with Crippen molar-refractivity contribution in [2.45, 2.75) is 125 Å². The number of terminal acetylenes is 1. The van der Waals surface area contributed by atoms with Gasteiger partial charge in [-0.1, -0.05) is 5.92 Å². The fraction of sp³-hybridized carbons (Fsp3) is 0.483. The monoisotopic (exact) mass is 1310 g/mol. The number of carbonyl (C=O) groups excluding carboxylic acids is 4. The van der Waals surface area contributed by atoms with Crippen LogP contribution in [0.4, 0.5) is 21.2 Å². The number of anilines is 2. The van der Waals surface area contributed by atoms with Crippen LogP contribution in [0.2, 0.25) is 0 Å². The lowest BCUT2D eigenvalue weighted by Crippen LogP contribution is -2.43. The summed E-state index contributed by atoms with van der Waals surface area (Å²) in [7, 11) is 3.17. The summed E-state index contributed by atoms with van der Waals surface area (Å²) < 4.78 is 35.7. The molecule has 0 bridgehead atoms. The molecule has 10 N–H and O–H groups in total. The van der Waals surface area contributed by atoms with Crippen LogP contribution in [-0.4, -0.2) is 182 Å². The maximum atomic E-state index is 12.6. The van der Waals surface area contributed by atoms with Gasteiger partial charge < -0.3 is 80.7 Å². The van der Waals surface area contributed by atoms with Gasteiger partial charge in [0.2, 0.25) is 5.82 Å². The highest BCUT2D eigenvalue weighted by Gasteiger charge is 2.50. The minimum atomic E-state index is -1.42. The Morgan fingerprint density at radius 3 is 1.45 bits per heavy atom. The number of imidazole rings is 2. The zero-order valence-electron chi connectivity index (χ0n) is 47.6. The van der Waals surface area contributed by atoms with Gasteiger partial charge in [-0.2, -0.15) is 0 Å². The van der Waals surface area contributed by atoms with Gasteiger partial charge in [0, 0.05) is 73.7 Å². The van der Waals surface area contributed by atoms with Crippen LogP contribution in [0, 0.1) is 39.9 Å². The van der Waals surface area contributed by atoms with Crippen LogP contribution in [-0.2, 0) is 19.1 Å². The number of amides is 4. The summed E-state index contributed by atoms with van der Waals surface area (Å²) in [5.74, 6) is 11.6. The number of benzene rings is 2. The average Bonchev–Trinajstić information content (AvgIpc) is 2.12. The number of aromatic nitrogens is 8. The van der Waals surface area contributed by atoms with E-state index in [0.29, 0.717) is 70.8 Å². The molecule has 12 rings (SSSR count). The molecule has 2 saturated carbocycles. The molecule has 6 aliphatic rings. The third-order valence-corrected chi connectivity index (χ3v) is 16.0. The van der Waals surface area contributed by atoms with Crippen LogP contribution in [0.15, 0.2) is 61.2 Å². The van der Waals surface area contributed by atoms with Crippen molar-refractivity contribution in [2.75, 3.05) is 51.9 Å². The van der Waals surface area contributed by atoms with Crippen molar-refractivity contribution >= 4 is 80.6 Å². The number of hydrogen-bond donors (Lipinski definition) is 8. The molecular weight excluding hydrogens is 1240 g/mol. The Kier molecular flexibility index (Phi) is 19.7. The van der Waals surface area contributed by atoms with Gasteiger partial charge in [0.05, 0.1) is 26.9 Å². The van der Waals surface area contributed by atoms with E-state index >= 15 is 0 Å². The second-order valence-corrected chi connectivity index (χ2v) is 22.7. The molecule has 28 nitrogen and oxygen atoms in total. The molecule has 460 valence electrons. The number of halogens is 1. The van der Waals surface area contributed by atoms with Crippen molar-refractivity contribution in [1.82, 2.24) is 59.5 Å². The summed E-state index contributed by atoms with van der Waals surface area (Å²) in [6, 6.07) is 14.0. The van der Waals surface area contributed by atoms with Gasteiger partial charge in [0.25, 0.3) is 11.8 Å². The standard InChI is InChI=1S/C29H33N7O7.C16H19NO3.C13H15IN6O4/c1-41-18-7-9-19(10-8-18)42-29(40)35-13-11-16(12-14-35)3-2-4-20-33-25(30)21-26(34-20)36(15-31-21)28-23(38)22(37)24(43-28)27(39)32-17-5-6-17;1-3-4-13-9-11-17(12-10-13)16(18)20-15-7-5-14(19-2)6-8-15;14-13-18-9(15)5-10(19-13)20(3-16-5)12-7(22)6(21)8(24-12)11(23)17-4-1-2-4/h7-10,15-17,22-24,28,37-38H,3,5-6,11-14H2,1H3,(H,32,39)(H2,30,33,34);1,5-8,13H,4,9-12H2,2H3;3-4,6-8,12,21-22H,1-2H2,(H,17,23)(H2,15,18,19)/t22?,23-,24-,28+;;6?,7-,8-,12+/m0.0/s1. The molecule has 6 fully saturated rings. The van der Waals surface area contributed by atoms with Crippen LogP contribution in [0.3, 0.4) is 0 Å². The summed E-state index contributed by atoms with van der Waals surface area (Å²) in [5, 5.41) is 47.2. The lowest BCUT2D eigenvalue weighted by Gasteiger charge is -2.30. The lowest BCUT2D eigenvalue weighted by molar-refractivity contribution is -0.138. The highest BCUT2D eigenvalue weighted by atomic mass is 127. The Labute approximate surface area is 512 Å². The summed E-state index contributed by atoms with van der Waals surface area (Å²) in [6.45, 7) is 2.54. The van der Waals surface area contributed by atoms with E-state index in [9.17, 15) is 39.6 Å². The largest absolute Gasteiger partial charge is 0.497 e. The number of nitrogens with one attached hydrogen (secondary N) is 2. The number of nitrogens with two attached hydrogens (primary N) is 2. The number of aliphatic hydroxyl groups is 4. The van der Waals surface area contributed by atoms with E-state index in [0.717, 1.165) is 63.5 Å². The van der Waals surface area contributed by atoms with Crippen molar-refractivity contribution < 1.29 is 68.0 Å². The topological polar surface area (TPSA) is 374 Å². The molecule has 4 amide bonds. The van der Waals surface area contributed by atoms with Gasteiger partial charge in [0.1, 0.15) is 58.4 Å². The first kappa shape index (κ1) is 61.9. The number of aliphatic hydroxyl groups excluding tert-OH is 4. The van der Waals surface area contributed by atoms with E-state index in [4.69, 9.17) is 46.3 Å². The summed E-state index contributed by atoms with van der Waals surface area (Å²) >= 11 is 1.91. The SMILES string of the molecule is C#CCC1CCN(C(=O)Oc2ccc(OC)cc2)CC1.COc1ccc(OC(=O)N2CCC(CC#Cc3nc(N)c4ncn([C@@H]5O[C@H](C(=O)NC6CC6)C(O)[C@@H]5O)c4n3)CC2)cc1.Nc1nc(I)nc2c1ncn2[C@@H]1O[C@H](C(=O)NC2CC2)C(O)[C@@H]1O. The van der Waals surface area contributed by atoms with E-state index in [2.05, 4.69) is 58.3 Å². The van der Waals surface area contributed by atoms with Gasteiger partial charge in [-0.15, -0.1) is 12.3 Å². The molecule has 4 aromatic heterocycles. The second-order valence-electron chi connectivity index (χ2n) is 21.7. The van der Waals surface area contributed by atoms with E-state index in [-0.39, 0.29) is 58.8 Å². The molecule has 4 aliphatic heterocycles. The van der Waals surface area contributed by atoms with Crippen LogP contribution in [0.5, 0.6) is 23.0 Å². The van der Waals surface area contributed by atoms with Crippen LogP contribution < -0.4 is 41.0 Å². The third kappa shape index (κ3) is 15.0. The summed E-state index contributed by atoms with van der Waals surface area (Å²) in [6.07, 6.45) is 5.88. The maximum absolute atomic E-state index is 12.6. The van der Waals surface area contributed by atoms with Crippen molar-refractivity contribution in [2.24, 2.45) is 11.8 Å². The van der Waals surface area contributed by atoms with E-state index in [1.165, 1.54) is 21.8 Å². The molecule has 8 atom stereocenters. The maximum Gasteiger partial charge on any atom is 0.415 e. The molecule has 2 unspecified atom stereocenters. The zero-order chi connectivity index (χ0) is 61.5. The molecule has 0 radical (unpaired) electrons. The normalized spacial score (nSPS) is 23.7. The van der Waals surface area contributed by atoms with Gasteiger partial charge in [-0.05, 0) is 118 Å². The number of methoxy groups -OCH3 is 2. The predicted octanol–water partition coefficient (Wildman–Crippen LogP) is 2.81. The number of fused-ring (bicyclic) bond motifs is 2. The number of nitrogens with zero attached hydrogens (tertiary/aromatic N) is 10. The van der Waals surface area contributed by atoms with Crippen LogP contribution >= 0.6 is 22.6 Å². The van der Waals surface area contributed by atoms with Crippen molar-refractivity contribution in [1.29, 1.82) is 0 Å². The molecule has 2 aliphatic carbocycles. The number of rotatable bonds is 12. The third-order valence-electron chi connectivity index (χ3n) is 15.5. The molecule has 0 spiro atoms. The highest BCUT2D eigenvalue weighted by molar-refractivity contribution is 14.1. The smallest absolute Gasteiger partial charge is 0.415 e. The number of carbonyl (C=O) groups is 4. The molecule has 2 aromatic carbocycles. The Bertz CT molecular complexity index is 3530. The number of ether oxygens (including phenoxy) is 6. The highest BCUT2D eigenvalue weighted by Crippen LogP contribution is 2.35. The lowest BCUT2D eigenvalue weighted by atomic mass is 9.94. The first-order valence-corrected chi connectivity index (χ1v) is 29.5. The summed E-state index contributed by atoms with van der Waals surface area (Å²) in [4.78, 5) is 78.0. The van der Waals surface area contributed by atoms with Crippen molar-refractivity contribution in [3.05, 3.63) is 70.8 Å². The molecule has 8 heterocycles. The average molecular weight is 1310 g/mol. The van der Waals surface area contributed by atoms with Crippen molar-refractivity contribution in [3.63, 3.8) is 0 Å². The number of piperidine rings is 2. The van der Waals surface area contributed by atoms with Crippen LogP contribution in [0.1, 0.15) is 82.5 Å². The first-order valence-electron chi connectivity index (χ1n) is 28.4. The van der Waals surface area contributed by atoms with E-state index < -0.39 is 60.9 Å². The first-order chi connectivity index (χ1) is 42.0. The Balaban J connectivity index is 0.000000160. The van der Waals surface area contributed by atoms with Gasteiger partial charge in [-0.25, -0.2) is 39.5 Å². The Morgan fingerprint density at radius 2 is 1.02 bits per heavy atom. The number of nitrogen functional groups attached to an aromatic ring is 2. The fourth-order valence-corrected chi connectivity index (χ4v) is 10.7. The summed E-state index contributed by atoms with van der Waals surface area (Å²) in [5.41, 5.74) is 13.2. The molecule has 87 heavy (non-hydrogen) atoms. The zero-order valence-corrected chi connectivity index (χ0v) is 49.7. The fourth-order valence-electron chi connectivity index (χ4n) is 10.2. The van der Waals surface area contributed by atoms with Crippen molar-refractivity contribution in [3.8, 4) is 47.2 Å². The van der Waals surface area contributed by atoms with Crippen LogP contribution in [0.25, 0.3) is 22.3 Å². The quantitative estimate of drug-likeness (QED) is 0.0496. The molecule has 29 heteroatoms. The molecule has 6 aromatic rings. The number of likely N-dealkylation sites (tertiary alicyclic amines) is 2. The Morgan fingerprint density at radius 1 is 0.609 bits per heavy atom. The minimum Gasteiger partial charge on any atom is -0.497 e. The van der Waals surface area contributed by atoms with Gasteiger partial charge in [0.15, 0.2) is 51.4 Å².